The van der Waals surface area contributed by atoms with Crippen molar-refractivity contribution in [2.45, 2.75) is 37.2 Å². The molecule has 3 rings (SSSR count). The molecule has 2 atom stereocenters. The summed E-state index contributed by atoms with van der Waals surface area (Å²) in [7, 11) is -3.13. The maximum atomic E-state index is 12.2. The normalized spacial score (nSPS) is 21.1. The lowest BCUT2D eigenvalue weighted by molar-refractivity contribution is 0.482. The molecule has 0 saturated heterocycles. The van der Waals surface area contributed by atoms with E-state index < -0.39 is 9.84 Å². The third-order valence-corrected chi connectivity index (χ3v) is 6.64. The number of rotatable bonds is 4. The minimum Gasteiger partial charge on any atom is -0.306 e. The summed E-state index contributed by atoms with van der Waals surface area (Å²) >= 11 is 1.80. The number of hydrogen-bond donors (Lipinski definition) is 1. The molecule has 0 spiro atoms. The summed E-state index contributed by atoms with van der Waals surface area (Å²) in [5, 5.41) is 3.48. The summed E-state index contributed by atoms with van der Waals surface area (Å²) in [6.45, 7) is 4.22. The van der Waals surface area contributed by atoms with E-state index in [9.17, 15) is 8.42 Å². The molecule has 3 nitrogen and oxygen atoms in total. The molecule has 1 aromatic heterocycles. The van der Waals surface area contributed by atoms with E-state index in [1.54, 1.807) is 23.5 Å². The number of nitrogens with one attached hydrogen (secondary N) is 1. The minimum atomic E-state index is -3.13. The Balaban J connectivity index is 1.74. The molecule has 0 amide bonds. The zero-order chi connectivity index (χ0) is 15.0. The molecule has 0 radical (unpaired) electrons. The lowest BCUT2D eigenvalue weighted by atomic mass is 10.1. The summed E-state index contributed by atoms with van der Waals surface area (Å²) in [6, 6.07) is 11.7. The Morgan fingerprint density at radius 2 is 2.05 bits per heavy atom. The third kappa shape index (κ3) is 3.05. The minimum absolute atomic E-state index is 0.0951. The molecule has 0 aliphatic carbocycles. The summed E-state index contributed by atoms with van der Waals surface area (Å²) in [5.41, 5.74) is 0.909. The van der Waals surface area contributed by atoms with Gasteiger partial charge in [0.1, 0.15) is 0 Å². The van der Waals surface area contributed by atoms with Gasteiger partial charge in [0.15, 0.2) is 9.84 Å². The predicted octanol–water partition coefficient (Wildman–Crippen LogP) is 3.11. The number of fused-ring (bicyclic) bond motifs is 1. The SMILES string of the molecule is Cc1ccc(CC(C)NC2CS(=O)(=O)c3ccccc32)s1. The van der Waals surface area contributed by atoms with Crippen LogP contribution in [0.4, 0.5) is 0 Å². The van der Waals surface area contributed by atoms with Crippen LogP contribution < -0.4 is 5.32 Å². The van der Waals surface area contributed by atoms with Crippen molar-refractivity contribution in [2.24, 2.45) is 0 Å². The highest BCUT2D eigenvalue weighted by atomic mass is 32.2. The van der Waals surface area contributed by atoms with E-state index in [-0.39, 0.29) is 17.8 Å². The Morgan fingerprint density at radius 3 is 2.76 bits per heavy atom. The second-order valence-electron chi connectivity index (χ2n) is 5.66. The summed E-state index contributed by atoms with van der Waals surface area (Å²) in [6.07, 6.45) is 0.928. The first-order chi connectivity index (χ1) is 9.95. The van der Waals surface area contributed by atoms with Crippen LogP contribution >= 0.6 is 11.3 Å². The lowest BCUT2D eigenvalue weighted by Crippen LogP contribution is -2.32. The van der Waals surface area contributed by atoms with Crippen molar-refractivity contribution >= 4 is 21.2 Å². The Labute approximate surface area is 129 Å². The van der Waals surface area contributed by atoms with E-state index in [4.69, 9.17) is 0 Å². The maximum absolute atomic E-state index is 12.2. The van der Waals surface area contributed by atoms with Gasteiger partial charge in [-0.2, -0.15) is 0 Å². The van der Waals surface area contributed by atoms with E-state index >= 15 is 0 Å². The molecule has 0 fully saturated rings. The van der Waals surface area contributed by atoms with Crippen LogP contribution in [0.25, 0.3) is 0 Å². The van der Waals surface area contributed by atoms with Gasteiger partial charge >= 0.3 is 0 Å². The largest absolute Gasteiger partial charge is 0.306 e. The average molecular weight is 321 g/mol. The van der Waals surface area contributed by atoms with Crippen LogP contribution in [0.5, 0.6) is 0 Å². The molecule has 1 N–H and O–H groups in total. The average Bonchev–Trinajstić information content (AvgIpc) is 2.93. The molecule has 0 saturated carbocycles. The van der Waals surface area contributed by atoms with E-state index in [0.29, 0.717) is 4.90 Å². The maximum Gasteiger partial charge on any atom is 0.180 e. The summed E-state index contributed by atoms with van der Waals surface area (Å²) < 4.78 is 24.3. The number of aryl methyl sites for hydroxylation is 1. The van der Waals surface area contributed by atoms with Gasteiger partial charge in [0.2, 0.25) is 0 Å². The highest BCUT2D eigenvalue weighted by Gasteiger charge is 2.34. The third-order valence-electron chi connectivity index (χ3n) is 3.80. The zero-order valence-electron chi connectivity index (χ0n) is 12.2. The van der Waals surface area contributed by atoms with Crippen LogP contribution in [0, 0.1) is 6.92 Å². The molecule has 112 valence electrons. The van der Waals surface area contributed by atoms with Gasteiger partial charge in [-0.25, -0.2) is 8.42 Å². The van der Waals surface area contributed by atoms with Gasteiger partial charge < -0.3 is 5.32 Å². The second kappa shape index (κ2) is 5.55. The van der Waals surface area contributed by atoms with Crippen LogP contribution in [0.1, 0.15) is 28.3 Å². The Morgan fingerprint density at radius 1 is 1.29 bits per heavy atom. The standard InChI is InChI=1S/C16H19NO2S2/c1-11(9-13-8-7-12(2)20-13)17-15-10-21(18,19)16-6-4-3-5-14(15)16/h3-8,11,15,17H,9-10H2,1-2H3. The van der Waals surface area contributed by atoms with Crippen molar-refractivity contribution in [2.75, 3.05) is 5.75 Å². The summed E-state index contributed by atoms with van der Waals surface area (Å²) in [5.74, 6) is 0.167. The van der Waals surface area contributed by atoms with Crippen LogP contribution in [0.2, 0.25) is 0 Å². The van der Waals surface area contributed by atoms with Gasteiger partial charge in [-0.1, -0.05) is 18.2 Å². The summed E-state index contributed by atoms with van der Waals surface area (Å²) in [4.78, 5) is 3.13. The molecule has 1 aliphatic rings. The van der Waals surface area contributed by atoms with E-state index in [2.05, 4.69) is 31.3 Å². The van der Waals surface area contributed by atoms with Gasteiger partial charge in [0.25, 0.3) is 0 Å². The van der Waals surface area contributed by atoms with Crippen molar-refractivity contribution in [3.05, 3.63) is 51.7 Å². The number of sulfone groups is 1. The molecule has 2 unspecified atom stereocenters. The van der Waals surface area contributed by atoms with Crippen LogP contribution in [-0.2, 0) is 16.3 Å². The van der Waals surface area contributed by atoms with Crippen molar-refractivity contribution in [3.8, 4) is 0 Å². The molecule has 1 aliphatic heterocycles. The van der Waals surface area contributed by atoms with E-state index in [1.165, 1.54) is 9.75 Å². The fraction of sp³-hybridized carbons (Fsp3) is 0.375. The van der Waals surface area contributed by atoms with E-state index in [0.717, 1.165) is 12.0 Å². The fourth-order valence-electron chi connectivity index (χ4n) is 2.89. The first-order valence-electron chi connectivity index (χ1n) is 7.09. The molecule has 2 aromatic rings. The Kier molecular flexibility index (Phi) is 3.90. The van der Waals surface area contributed by atoms with Crippen molar-refractivity contribution in [3.63, 3.8) is 0 Å². The molecule has 1 aromatic carbocycles. The molecule has 21 heavy (non-hydrogen) atoms. The van der Waals surface area contributed by atoms with Gasteiger partial charge in [0, 0.05) is 21.8 Å². The van der Waals surface area contributed by atoms with Crippen molar-refractivity contribution in [1.29, 1.82) is 0 Å². The smallest absolute Gasteiger partial charge is 0.180 e. The van der Waals surface area contributed by atoms with Crippen LogP contribution in [-0.4, -0.2) is 20.2 Å². The number of benzene rings is 1. The lowest BCUT2D eigenvalue weighted by Gasteiger charge is -2.19. The Bertz CT molecular complexity index is 749. The van der Waals surface area contributed by atoms with Gasteiger partial charge in [0.05, 0.1) is 10.6 Å². The predicted molar refractivity (Wildman–Crippen MR) is 86.6 cm³/mol. The van der Waals surface area contributed by atoms with Crippen molar-refractivity contribution < 1.29 is 8.42 Å². The first-order valence-corrected chi connectivity index (χ1v) is 9.55. The monoisotopic (exact) mass is 321 g/mol. The molecule has 2 heterocycles. The quantitative estimate of drug-likeness (QED) is 0.941. The molecule has 0 bridgehead atoms. The second-order valence-corrected chi connectivity index (χ2v) is 9.03. The van der Waals surface area contributed by atoms with E-state index in [1.807, 2.05) is 12.1 Å². The van der Waals surface area contributed by atoms with Crippen LogP contribution in [0.15, 0.2) is 41.3 Å². The molecule has 5 heteroatoms. The first kappa shape index (κ1) is 14.8. The fourth-order valence-corrected chi connectivity index (χ4v) is 5.66. The van der Waals surface area contributed by atoms with Crippen molar-refractivity contribution in [1.82, 2.24) is 5.32 Å². The van der Waals surface area contributed by atoms with Crippen LogP contribution in [0.3, 0.4) is 0 Å². The molecular formula is C16H19NO2S2. The highest BCUT2D eigenvalue weighted by Crippen LogP contribution is 2.33. The zero-order valence-corrected chi connectivity index (χ0v) is 13.8. The molecular weight excluding hydrogens is 302 g/mol. The van der Waals surface area contributed by atoms with Gasteiger partial charge in [-0.3, -0.25) is 0 Å². The highest BCUT2D eigenvalue weighted by molar-refractivity contribution is 7.91. The topological polar surface area (TPSA) is 46.2 Å². The van der Waals surface area contributed by atoms with Gasteiger partial charge in [-0.05, 0) is 44.0 Å². The number of thiophene rings is 1. The Hall–Kier alpha value is -1.17. The number of hydrogen-bond acceptors (Lipinski definition) is 4. The van der Waals surface area contributed by atoms with Gasteiger partial charge in [-0.15, -0.1) is 11.3 Å².